The van der Waals surface area contributed by atoms with Crippen LogP contribution in [0.15, 0.2) is 12.3 Å². The van der Waals surface area contributed by atoms with Crippen molar-refractivity contribution >= 4 is 0 Å². The first-order valence-electron chi connectivity index (χ1n) is 10.6. The lowest BCUT2D eigenvalue weighted by Gasteiger charge is -2.24. The summed E-state index contributed by atoms with van der Waals surface area (Å²) in [5, 5.41) is 8.89. The van der Waals surface area contributed by atoms with Crippen LogP contribution >= 0.6 is 0 Å². The number of aliphatic hydroxyl groups is 1. The van der Waals surface area contributed by atoms with Gasteiger partial charge in [-0.15, -0.1) is 0 Å². The van der Waals surface area contributed by atoms with Crippen LogP contribution in [0.25, 0.3) is 0 Å². The lowest BCUT2D eigenvalue weighted by Crippen LogP contribution is -2.19. The normalized spacial score (nSPS) is 26.2. The molecule has 0 aliphatic heterocycles. The molecule has 0 aromatic carbocycles. The maximum Gasteiger partial charge on any atom is 0.0845 e. The van der Waals surface area contributed by atoms with Gasteiger partial charge >= 0.3 is 0 Å². The van der Waals surface area contributed by atoms with E-state index in [-0.39, 0.29) is 6.61 Å². The summed E-state index contributed by atoms with van der Waals surface area (Å²) in [6.07, 6.45) is 13.3. The van der Waals surface area contributed by atoms with Crippen LogP contribution in [-0.4, -0.2) is 31.5 Å². The van der Waals surface area contributed by atoms with Crippen molar-refractivity contribution in [3.8, 4) is 0 Å². The Hall–Kier alpha value is -0.540. The van der Waals surface area contributed by atoms with E-state index in [1.54, 1.807) is 0 Å². The molecule has 0 amide bonds. The summed E-state index contributed by atoms with van der Waals surface area (Å²) in [5.41, 5.74) is 0. The van der Waals surface area contributed by atoms with Crippen molar-refractivity contribution in [2.45, 2.75) is 72.6 Å². The first-order chi connectivity index (χ1) is 12.1. The van der Waals surface area contributed by atoms with E-state index in [0.29, 0.717) is 18.4 Å². The molecule has 1 N–H and O–H groups in total. The predicted molar refractivity (Wildman–Crippen MR) is 105 cm³/mol. The fourth-order valence-electron chi connectivity index (χ4n) is 4.42. The zero-order valence-corrected chi connectivity index (χ0v) is 17.1. The second kappa shape index (κ2) is 13.6. The van der Waals surface area contributed by atoms with E-state index in [1.165, 1.54) is 44.9 Å². The maximum atomic E-state index is 8.89. The molecule has 3 heteroatoms. The van der Waals surface area contributed by atoms with Gasteiger partial charge in [0.15, 0.2) is 0 Å². The molecule has 1 rings (SSSR count). The third kappa shape index (κ3) is 9.10. The van der Waals surface area contributed by atoms with Gasteiger partial charge in [-0.1, -0.05) is 46.5 Å². The molecule has 5 atom stereocenters. The van der Waals surface area contributed by atoms with E-state index in [0.717, 1.165) is 31.0 Å². The quantitative estimate of drug-likeness (QED) is 0.334. The highest BCUT2D eigenvalue weighted by atomic mass is 16.5. The van der Waals surface area contributed by atoms with Gasteiger partial charge in [-0.3, -0.25) is 0 Å². The van der Waals surface area contributed by atoms with Gasteiger partial charge < -0.3 is 14.6 Å². The Morgan fingerprint density at radius 3 is 2.72 bits per heavy atom. The van der Waals surface area contributed by atoms with Gasteiger partial charge in [0.05, 0.1) is 26.1 Å². The first kappa shape index (κ1) is 22.5. The van der Waals surface area contributed by atoms with Crippen molar-refractivity contribution < 1.29 is 14.6 Å². The summed E-state index contributed by atoms with van der Waals surface area (Å²) in [6, 6.07) is 0. The minimum atomic E-state index is 0.140. The Morgan fingerprint density at radius 2 is 2.04 bits per heavy atom. The van der Waals surface area contributed by atoms with Crippen LogP contribution in [0.4, 0.5) is 0 Å². The summed E-state index contributed by atoms with van der Waals surface area (Å²) in [7, 11) is 0. The molecular weight excluding hydrogens is 312 g/mol. The Kier molecular flexibility index (Phi) is 12.3. The lowest BCUT2D eigenvalue weighted by molar-refractivity contribution is 0.0532. The van der Waals surface area contributed by atoms with Crippen molar-refractivity contribution in [1.82, 2.24) is 0 Å². The van der Waals surface area contributed by atoms with Crippen LogP contribution in [0.1, 0.15) is 72.6 Å². The molecule has 1 fully saturated rings. The second-order valence-electron chi connectivity index (χ2n) is 7.98. The van der Waals surface area contributed by atoms with Crippen LogP contribution < -0.4 is 0 Å². The summed E-state index contributed by atoms with van der Waals surface area (Å²) in [5.74, 6) is 3.76. The minimum absolute atomic E-state index is 0.140. The van der Waals surface area contributed by atoms with Crippen LogP contribution in [-0.2, 0) is 9.47 Å². The number of hydrogen-bond acceptors (Lipinski definition) is 3. The average Bonchev–Trinajstić information content (AvgIpc) is 2.95. The summed E-state index contributed by atoms with van der Waals surface area (Å²) < 4.78 is 10.9. The zero-order valence-electron chi connectivity index (χ0n) is 17.1. The Balaban J connectivity index is 2.31. The zero-order chi connectivity index (χ0) is 18.5. The SMILES string of the molecule is CCO/C=C/C(C)CC(CC)CCCC1C(C)CCC1COCCO. The molecular formula is C22H42O3. The second-order valence-corrected chi connectivity index (χ2v) is 7.98. The van der Waals surface area contributed by atoms with E-state index in [9.17, 15) is 0 Å². The molecule has 1 aliphatic rings. The first-order valence-corrected chi connectivity index (χ1v) is 10.6. The van der Waals surface area contributed by atoms with Crippen molar-refractivity contribution in [3.63, 3.8) is 0 Å². The van der Waals surface area contributed by atoms with Gasteiger partial charge in [0.2, 0.25) is 0 Å². The highest BCUT2D eigenvalue weighted by molar-refractivity contribution is 4.84. The highest BCUT2D eigenvalue weighted by Crippen LogP contribution is 2.40. The Bertz CT molecular complexity index is 342. The molecule has 0 heterocycles. The standard InChI is InChI=1S/C22H42O3/c1-5-20(16-18(3)12-14-24-6-2)8-7-9-22-19(4)10-11-21(22)17-25-15-13-23/h12,14,18-23H,5-11,13,15-17H2,1-4H3/b14-12+. The number of allylic oxidation sites excluding steroid dienone is 1. The summed E-state index contributed by atoms with van der Waals surface area (Å²) in [6.45, 7) is 11.3. The molecule has 1 aliphatic carbocycles. The molecule has 1 saturated carbocycles. The van der Waals surface area contributed by atoms with Gasteiger partial charge in [0.25, 0.3) is 0 Å². The molecule has 0 spiro atoms. The Labute approximate surface area is 156 Å². The third-order valence-electron chi connectivity index (χ3n) is 6.00. The fourth-order valence-corrected chi connectivity index (χ4v) is 4.42. The predicted octanol–water partition coefficient (Wildman–Crippen LogP) is 5.43. The average molecular weight is 355 g/mol. The van der Waals surface area contributed by atoms with E-state index < -0.39 is 0 Å². The number of aliphatic hydroxyl groups excluding tert-OH is 1. The topological polar surface area (TPSA) is 38.7 Å². The van der Waals surface area contributed by atoms with Crippen molar-refractivity contribution in [2.75, 3.05) is 26.4 Å². The number of rotatable bonds is 14. The van der Waals surface area contributed by atoms with E-state index >= 15 is 0 Å². The molecule has 0 aromatic heterocycles. The van der Waals surface area contributed by atoms with Crippen LogP contribution in [0.5, 0.6) is 0 Å². The van der Waals surface area contributed by atoms with Crippen molar-refractivity contribution in [1.29, 1.82) is 0 Å². The molecule has 0 saturated heterocycles. The monoisotopic (exact) mass is 354 g/mol. The minimum Gasteiger partial charge on any atom is -0.502 e. The summed E-state index contributed by atoms with van der Waals surface area (Å²) in [4.78, 5) is 0. The third-order valence-corrected chi connectivity index (χ3v) is 6.00. The number of hydrogen-bond donors (Lipinski definition) is 1. The molecule has 0 bridgehead atoms. The molecule has 25 heavy (non-hydrogen) atoms. The van der Waals surface area contributed by atoms with E-state index in [2.05, 4.69) is 26.8 Å². The number of ether oxygens (including phenoxy) is 2. The Morgan fingerprint density at radius 1 is 1.24 bits per heavy atom. The molecule has 0 aromatic rings. The fraction of sp³-hybridized carbons (Fsp3) is 0.909. The molecule has 0 radical (unpaired) electrons. The van der Waals surface area contributed by atoms with Crippen LogP contribution in [0.2, 0.25) is 0 Å². The molecule has 3 nitrogen and oxygen atoms in total. The highest BCUT2D eigenvalue weighted by Gasteiger charge is 2.32. The smallest absolute Gasteiger partial charge is 0.0845 e. The van der Waals surface area contributed by atoms with Crippen LogP contribution in [0.3, 0.4) is 0 Å². The van der Waals surface area contributed by atoms with Gasteiger partial charge in [0.1, 0.15) is 0 Å². The molecule has 148 valence electrons. The van der Waals surface area contributed by atoms with Crippen molar-refractivity contribution in [3.05, 3.63) is 12.3 Å². The van der Waals surface area contributed by atoms with Gasteiger partial charge in [-0.05, 0) is 61.9 Å². The summed E-state index contributed by atoms with van der Waals surface area (Å²) >= 11 is 0. The maximum absolute atomic E-state index is 8.89. The van der Waals surface area contributed by atoms with E-state index in [1.807, 2.05) is 13.2 Å². The van der Waals surface area contributed by atoms with Gasteiger partial charge in [-0.2, -0.15) is 0 Å². The van der Waals surface area contributed by atoms with Gasteiger partial charge in [-0.25, -0.2) is 0 Å². The van der Waals surface area contributed by atoms with E-state index in [4.69, 9.17) is 14.6 Å². The van der Waals surface area contributed by atoms with Crippen LogP contribution in [0, 0.1) is 29.6 Å². The largest absolute Gasteiger partial charge is 0.502 e. The van der Waals surface area contributed by atoms with Crippen molar-refractivity contribution in [2.24, 2.45) is 29.6 Å². The van der Waals surface area contributed by atoms with Gasteiger partial charge in [0, 0.05) is 6.61 Å². The molecule has 5 unspecified atom stereocenters. The lowest BCUT2D eigenvalue weighted by atomic mass is 9.83.